The fourth-order valence-electron chi connectivity index (χ4n) is 3.65. The summed E-state index contributed by atoms with van der Waals surface area (Å²) in [5, 5.41) is 3.17. The zero-order valence-electron chi connectivity index (χ0n) is 14.7. The summed E-state index contributed by atoms with van der Waals surface area (Å²) in [6.07, 6.45) is 8.52. The molecule has 0 N–H and O–H groups in total. The molecule has 0 radical (unpaired) electrons. The Morgan fingerprint density at radius 3 is 1.32 bits per heavy atom. The smallest absolute Gasteiger partial charge is 0.0948 e. The van der Waals surface area contributed by atoms with Crippen molar-refractivity contribution >= 4 is 15.2 Å². The van der Waals surface area contributed by atoms with Crippen LogP contribution in [0.15, 0.2) is 0 Å². The minimum Gasteiger partial charge on any atom is -0.0948 e. The van der Waals surface area contributed by atoms with Gasteiger partial charge in [0, 0.05) is 0 Å². The molecule has 0 aromatic carbocycles. The number of hydrogen-bond donors (Lipinski definition) is 0. The first kappa shape index (κ1) is 19.5. The molecule has 0 heterocycles. The van der Waals surface area contributed by atoms with Gasteiger partial charge in [0.15, 0.2) is 0 Å². The molecule has 4 atom stereocenters. The summed E-state index contributed by atoms with van der Waals surface area (Å²) in [6.45, 7) is 14.5. The summed E-state index contributed by atoms with van der Waals surface area (Å²) in [6, 6.07) is 0. The molecule has 0 aliphatic carbocycles. The largest absolute Gasteiger partial charge is 0.237 e. The Morgan fingerprint density at radius 2 is 1.00 bits per heavy atom. The van der Waals surface area contributed by atoms with E-state index in [4.69, 9.17) is 0 Å². The van der Waals surface area contributed by atoms with Crippen molar-refractivity contribution < 1.29 is 0 Å². The Labute approximate surface area is 129 Å². The van der Waals surface area contributed by atoms with Crippen LogP contribution >= 0.6 is 0 Å². The molecule has 0 bridgehead atoms. The van der Waals surface area contributed by atoms with Crippen LogP contribution in [-0.4, -0.2) is 15.2 Å². The average Bonchev–Trinajstić information content (AvgIpc) is 2.28. The highest BCUT2D eigenvalue weighted by molar-refractivity contribution is 6.35. The van der Waals surface area contributed by atoms with Gasteiger partial charge in [0.05, 0.1) is 0 Å². The van der Waals surface area contributed by atoms with Gasteiger partial charge >= 0.3 is 0 Å². The van der Waals surface area contributed by atoms with Gasteiger partial charge in [-0.15, -0.1) is 0 Å². The van der Waals surface area contributed by atoms with Crippen LogP contribution in [0.4, 0.5) is 0 Å². The second-order valence-corrected chi connectivity index (χ2v) is 9.26. The van der Waals surface area contributed by atoms with Crippen LogP contribution in [0.2, 0.25) is 10.6 Å². The molecule has 4 unspecified atom stereocenters. The maximum Gasteiger partial charge on any atom is 0.237 e. The predicted molar refractivity (Wildman–Crippen MR) is 92.5 cm³/mol. The quantitative estimate of drug-likeness (QED) is 0.375. The molecule has 0 saturated carbocycles. The highest BCUT2D eigenvalue weighted by Gasteiger charge is 2.12. The summed E-state index contributed by atoms with van der Waals surface area (Å²) in [5.41, 5.74) is 0. The van der Waals surface area contributed by atoms with Crippen molar-refractivity contribution in [1.29, 1.82) is 0 Å². The minimum absolute atomic E-state index is 0.203. The van der Waals surface area contributed by atoms with E-state index in [-0.39, 0.29) is 15.2 Å². The molecule has 0 amide bonds. The fourth-order valence-corrected chi connectivity index (χ4v) is 5.75. The summed E-state index contributed by atoms with van der Waals surface area (Å²) >= 11 is 0.203. The van der Waals surface area contributed by atoms with Crippen molar-refractivity contribution in [3.05, 3.63) is 0 Å². The van der Waals surface area contributed by atoms with Gasteiger partial charge in [-0.05, 0) is 24.7 Å². The van der Waals surface area contributed by atoms with E-state index in [0.717, 1.165) is 23.7 Å². The van der Waals surface area contributed by atoms with Crippen molar-refractivity contribution in [2.24, 2.45) is 23.7 Å². The molecular formula is C18H39Al. The molecule has 0 fully saturated rings. The Kier molecular flexibility index (Phi) is 12.6. The van der Waals surface area contributed by atoms with E-state index in [2.05, 4.69) is 41.5 Å². The van der Waals surface area contributed by atoms with E-state index in [1.807, 2.05) is 0 Å². The Morgan fingerprint density at radius 1 is 0.632 bits per heavy atom. The molecule has 114 valence electrons. The van der Waals surface area contributed by atoms with Crippen LogP contribution in [0.5, 0.6) is 0 Å². The molecule has 0 aromatic heterocycles. The molecule has 1 heteroatoms. The van der Waals surface area contributed by atoms with Gasteiger partial charge in [-0.3, -0.25) is 0 Å². The monoisotopic (exact) mass is 282 g/mol. The van der Waals surface area contributed by atoms with Crippen molar-refractivity contribution in [2.45, 2.75) is 90.6 Å². The second kappa shape index (κ2) is 12.3. The number of rotatable bonds is 12. The second-order valence-electron chi connectivity index (χ2n) is 7.40. The zero-order chi connectivity index (χ0) is 14.7. The Balaban J connectivity index is 3.60. The third-order valence-electron chi connectivity index (χ3n) is 4.57. The molecule has 0 rings (SSSR count). The van der Waals surface area contributed by atoms with Crippen LogP contribution in [-0.2, 0) is 0 Å². The standard InChI is InChI=1S/2C9H19.Al.H/c2*1-5-6-9(4)7-8(2)3;;/h2*8-9H,2,5-7H2,1,3-4H3;;. The lowest BCUT2D eigenvalue weighted by Crippen LogP contribution is -2.09. The lowest BCUT2D eigenvalue weighted by molar-refractivity contribution is 0.403. The molecule has 19 heavy (non-hydrogen) atoms. The van der Waals surface area contributed by atoms with Gasteiger partial charge in [-0.2, -0.15) is 0 Å². The van der Waals surface area contributed by atoms with E-state index >= 15 is 0 Å². The predicted octanol–water partition coefficient (Wildman–Crippen LogP) is 6.18. The molecule has 0 aliphatic rings. The van der Waals surface area contributed by atoms with Crippen molar-refractivity contribution in [1.82, 2.24) is 0 Å². The molecule has 0 nitrogen and oxygen atoms in total. The maximum atomic E-state index is 2.49. The molecular weight excluding hydrogens is 243 g/mol. The van der Waals surface area contributed by atoms with Gasteiger partial charge < -0.3 is 0 Å². The van der Waals surface area contributed by atoms with E-state index < -0.39 is 0 Å². The SMILES string of the molecule is CCCC(C)CC(C)[CH2][AlH][CH2]C(C)CC(C)CCC. The van der Waals surface area contributed by atoms with E-state index in [9.17, 15) is 0 Å². The van der Waals surface area contributed by atoms with E-state index in [1.165, 1.54) is 38.5 Å². The molecule has 0 saturated heterocycles. The first-order chi connectivity index (χ1) is 8.99. The lowest BCUT2D eigenvalue weighted by atomic mass is 9.95. The summed E-state index contributed by atoms with van der Waals surface area (Å²) in [4.78, 5) is 0. The Bertz CT molecular complexity index is 170. The van der Waals surface area contributed by atoms with Crippen LogP contribution < -0.4 is 0 Å². The van der Waals surface area contributed by atoms with Gasteiger partial charge in [-0.25, -0.2) is 0 Å². The first-order valence-corrected chi connectivity index (χ1v) is 11.0. The van der Waals surface area contributed by atoms with Crippen LogP contribution in [0.25, 0.3) is 0 Å². The van der Waals surface area contributed by atoms with Crippen molar-refractivity contribution in [2.75, 3.05) is 0 Å². The minimum atomic E-state index is 0.203. The van der Waals surface area contributed by atoms with Crippen LogP contribution in [0, 0.1) is 23.7 Å². The maximum absolute atomic E-state index is 2.49. The summed E-state index contributed by atoms with van der Waals surface area (Å²) in [7, 11) is 0. The van der Waals surface area contributed by atoms with Gasteiger partial charge in [0.25, 0.3) is 0 Å². The first-order valence-electron chi connectivity index (χ1n) is 8.99. The van der Waals surface area contributed by atoms with Gasteiger partial charge in [0.2, 0.25) is 15.2 Å². The van der Waals surface area contributed by atoms with Crippen molar-refractivity contribution in [3.8, 4) is 0 Å². The topological polar surface area (TPSA) is 0 Å². The lowest BCUT2D eigenvalue weighted by Gasteiger charge is -2.18. The highest BCUT2D eigenvalue weighted by atomic mass is 27.1. The molecule has 0 aromatic rings. The molecule has 0 spiro atoms. The summed E-state index contributed by atoms with van der Waals surface area (Å²) < 4.78 is 0. The zero-order valence-corrected chi connectivity index (χ0v) is 16.1. The third-order valence-corrected chi connectivity index (χ3v) is 7.35. The average molecular weight is 282 g/mol. The summed E-state index contributed by atoms with van der Waals surface area (Å²) in [5.74, 6) is 3.90. The fraction of sp³-hybridized carbons (Fsp3) is 1.00. The Hall–Kier alpha value is 0.532. The van der Waals surface area contributed by atoms with E-state index in [1.54, 1.807) is 10.6 Å². The van der Waals surface area contributed by atoms with Crippen molar-refractivity contribution in [3.63, 3.8) is 0 Å². The normalized spacial score (nSPS) is 17.8. The third kappa shape index (κ3) is 12.0. The van der Waals surface area contributed by atoms with E-state index in [0.29, 0.717) is 0 Å². The van der Waals surface area contributed by atoms with Crippen LogP contribution in [0.3, 0.4) is 0 Å². The van der Waals surface area contributed by atoms with Gasteiger partial charge in [0.1, 0.15) is 0 Å². The number of hydrogen-bond acceptors (Lipinski definition) is 0. The van der Waals surface area contributed by atoms with Gasteiger partial charge in [-0.1, -0.05) is 89.6 Å². The van der Waals surface area contributed by atoms with Crippen LogP contribution in [0.1, 0.15) is 80.1 Å². The highest BCUT2D eigenvalue weighted by Crippen LogP contribution is 2.22. The molecule has 0 aliphatic heterocycles.